The first kappa shape index (κ1) is 10.4. The zero-order valence-electron chi connectivity index (χ0n) is 10.3. The second-order valence-electron chi connectivity index (χ2n) is 5.45. The van der Waals surface area contributed by atoms with E-state index in [-0.39, 0.29) is 0 Å². The summed E-state index contributed by atoms with van der Waals surface area (Å²) in [7, 11) is 0. The number of fused-ring (bicyclic) bond motifs is 1. The van der Waals surface area contributed by atoms with Gasteiger partial charge < -0.3 is 0 Å². The predicted octanol–water partition coefficient (Wildman–Crippen LogP) is 1.69. The molecule has 5 nitrogen and oxygen atoms in total. The fourth-order valence-corrected chi connectivity index (χ4v) is 3.32. The summed E-state index contributed by atoms with van der Waals surface area (Å²) in [6, 6.07) is 0.835. The Bertz CT molecular complexity index is 551. The topological polar surface area (TPSA) is 57.7 Å². The number of nitrogens with zero attached hydrogens (tertiary/aromatic N) is 4. The molecular formula is C13H17N5. The molecule has 1 saturated carbocycles. The lowest BCUT2D eigenvalue weighted by atomic mass is 9.93. The van der Waals surface area contributed by atoms with Gasteiger partial charge in [-0.05, 0) is 12.8 Å². The van der Waals surface area contributed by atoms with Gasteiger partial charge in [0.15, 0.2) is 5.65 Å². The van der Waals surface area contributed by atoms with E-state index < -0.39 is 0 Å². The Labute approximate surface area is 106 Å². The lowest BCUT2D eigenvalue weighted by Gasteiger charge is -2.42. The van der Waals surface area contributed by atoms with Gasteiger partial charge in [-0.2, -0.15) is 5.10 Å². The zero-order valence-corrected chi connectivity index (χ0v) is 10.3. The van der Waals surface area contributed by atoms with Gasteiger partial charge in [-0.3, -0.25) is 10.00 Å². The molecule has 0 spiro atoms. The van der Waals surface area contributed by atoms with Crippen LogP contribution in [0.4, 0.5) is 0 Å². The molecule has 3 heterocycles. The van der Waals surface area contributed by atoms with Crippen molar-refractivity contribution in [2.75, 3.05) is 13.1 Å². The van der Waals surface area contributed by atoms with Crippen LogP contribution in [0.5, 0.6) is 0 Å². The Kier molecular flexibility index (Phi) is 2.33. The second-order valence-corrected chi connectivity index (χ2v) is 5.45. The van der Waals surface area contributed by atoms with Gasteiger partial charge in [-0.1, -0.05) is 12.8 Å². The van der Waals surface area contributed by atoms with Crippen LogP contribution in [0, 0.1) is 0 Å². The number of nitrogens with one attached hydrogen (secondary N) is 1. The van der Waals surface area contributed by atoms with Crippen molar-refractivity contribution in [1.29, 1.82) is 0 Å². The van der Waals surface area contributed by atoms with E-state index in [0.29, 0.717) is 5.92 Å². The molecule has 0 unspecified atom stereocenters. The largest absolute Gasteiger partial charge is 0.299 e. The summed E-state index contributed by atoms with van der Waals surface area (Å²) in [5, 5.41) is 7.35. The number of hydrogen-bond acceptors (Lipinski definition) is 4. The van der Waals surface area contributed by atoms with Crippen molar-refractivity contribution in [3.05, 3.63) is 18.1 Å². The van der Waals surface area contributed by atoms with Crippen LogP contribution in [0.25, 0.3) is 11.2 Å². The highest BCUT2D eigenvalue weighted by molar-refractivity contribution is 5.73. The molecule has 0 bridgehead atoms. The van der Waals surface area contributed by atoms with E-state index in [1.54, 1.807) is 12.4 Å². The van der Waals surface area contributed by atoms with Crippen molar-refractivity contribution in [2.24, 2.45) is 0 Å². The van der Waals surface area contributed by atoms with Crippen molar-refractivity contribution >= 4 is 11.2 Å². The van der Waals surface area contributed by atoms with E-state index >= 15 is 0 Å². The van der Waals surface area contributed by atoms with E-state index in [4.69, 9.17) is 0 Å². The van der Waals surface area contributed by atoms with Crippen molar-refractivity contribution in [2.45, 2.75) is 37.6 Å². The highest BCUT2D eigenvalue weighted by Gasteiger charge is 2.36. The number of aromatic amines is 1. The third kappa shape index (κ3) is 1.54. The number of H-pyrrole nitrogens is 1. The Morgan fingerprint density at radius 1 is 1.11 bits per heavy atom. The summed E-state index contributed by atoms with van der Waals surface area (Å²) in [6.45, 7) is 2.30. The normalized spacial score (nSPS) is 22.7. The van der Waals surface area contributed by atoms with E-state index in [1.165, 1.54) is 31.4 Å². The van der Waals surface area contributed by atoms with Gasteiger partial charge in [0.05, 0.1) is 5.69 Å². The van der Waals surface area contributed by atoms with Gasteiger partial charge in [0.2, 0.25) is 0 Å². The molecule has 0 radical (unpaired) electrons. The smallest absolute Gasteiger partial charge is 0.199 e. The highest BCUT2D eigenvalue weighted by Crippen LogP contribution is 2.34. The first-order valence-corrected chi connectivity index (χ1v) is 6.81. The maximum Gasteiger partial charge on any atom is 0.199 e. The standard InChI is InChI=1S/C13H17N5/c1-2-4-10(3-1)18-7-9(8-18)11-12-13(17-16-11)15-6-5-14-12/h5-6,9-10H,1-4,7-8H2,(H,15,16,17). The molecule has 0 aromatic carbocycles. The number of rotatable bonds is 2. The highest BCUT2D eigenvalue weighted by atomic mass is 15.2. The summed E-state index contributed by atoms with van der Waals surface area (Å²) in [6.07, 6.45) is 9.02. The first-order valence-electron chi connectivity index (χ1n) is 6.81. The molecule has 0 amide bonds. The van der Waals surface area contributed by atoms with Crippen LogP contribution in [-0.2, 0) is 0 Å². The van der Waals surface area contributed by atoms with Crippen molar-refractivity contribution in [3.8, 4) is 0 Å². The van der Waals surface area contributed by atoms with E-state index in [9.17, 15) is 0 Å². The minimum Gasteiger partial charge on any atom is -0.299 e. The predicted molar refractivity (Wildman–Crippen MR) is 68.3 cm³/mol. The van der Waals surface area contributed by atoms with Gasteiger partial charge in [-0.25, -0.2) is 9.97 Å². The number of hydrogen-bond donors (Lipinski definition) is 1. The van der Waals surface area contributed by atoms with Crippen LogP contribution < -0.4 is 0 Å². The summed E-state index contributed by atoms with van der Waals surface area (Å²) in [5.74, 6) is 0.562. The van der Waals surface area contributed by atoms with Crippen LogP contribution in [0.3, 0.4) is 0 Å². The minimum atomic E-state index is 0.562. The molecule has 2 aliphatic rings. The molecule has 2 aromatic rings. The fourth-order valence-electron chi connectivity index (χ4n) is 3.32. The van der Waals surface area contributed by atoms with Gasteiger partial charge in [0, 0.05) is 37.4 Å². The zero-order chi connectivity index (χ0) is 11.9. The lowest BCUT2D eigenvalue weighted by molar-refractivity contribution is 0.0929. The molecule has 2 aromatic heterocycles. The van der Waals surface area contributed by atoms with Gasteiger partial charge >= 0.3 is 0 Å². The lowest BCUT2D eigenvalue weighted by Crippen LogP contribution is -2.49. The van der Waals surface area contributed by atoms with Crippen LogP contribution >= 0.6 is 0 Å². The summed E-state index contributed by atoms with van der Waals surface area (Å²) in [4.78, 5) is 11.2. The third-order valence-electron chi connectivity index (χ3n) is 4.38. The average Bonchev–Trinajstić information content (AvgIpc) is 2.97. The summed E-state index contributed by atoms with van der Waals surface area (Å²) in [5.41, 5.74) is 2.87. The molecule has 1 aliphatic heterocycles. The Hall–Kier alpha value is -1.49. The average molecular weight is 243 g/mol. The van der Waals surface area contributed by atoms with Gasteiger partial charge in [0.25, 0.3) is 0 Å². The fraction of sp³-hybridized carbons (Fsp3) is 0.615. The Morgan fingerprint density at radius 3 is 2.72 bits per heavy atom. The molecule has 18 heavy (non-hydrogen) atoms. The summed E-state index contributed by atoms with van der Waals surface area (Å²) < 4.78 is 0. The molecule has 1 N–H and O–H groups in total. The quantitative estimate of drug-likeness (QED) is 0.872. The maximum absolute atomic E-state index is 4.39. The number of likely N-dealkylation sites (tertiary alicyclic amines) is 1. The van der Waals surface area contributed by atoms with Gasteiger partial charge in [-0.15, -0.1) is 0 Å². The van der Waals surface area contributed by atoms with Crippen LogP contribution in [-0.4, -0.2) is 44.2 Å². The first-order chi connectivity index (χ1) is 8.92. The van der Waals surface area contributed by atoms with E-state index in [1.807, 2.05) is 0 Å². The molecule has 2 fully saturated rings. The van der Waals surface area contributed by atoms with Crippen molar-refractivity contribution in [1.82, 2.24) is 25.1 Å². The molecule has 4 rings (SSSR count). The monoisotopic (exact) mass is 243 g/mol. The van der Waals surface area contributed by atoms with E-state index in [0.717, 1.165) is 30.3 Å². The molecule has 0 atom stereocenters. The van der Waals surface area contributed by atoms with Crippen LogP contribution in [0.2, 0.25) is 0 Å². The SMILES string of the molecule is c1cnc2c(C3CN(C4CCCC4)C3)[nH]nc2n1. The molecular weight excluding hydrogens is 226 g/mol. The van der Waals surface area contributed by atoms with Crippen LogP contribution in [0.15, 0.2) is 12.4 Å². The number of aromatic nitrogens is 4. The molecule has 1 saturated heterocycles. The minimum absolute atomic E-state index is 0.562. The van der Waals surface area contributed by atoms with Crippen molar-refractivity contribution < 1.29 is 0 Å². The molecule has 1 aliphatic carbocycles. The summed E-state index contributed by atoms with van der Waals surface area (Å²) >= 11 is 0. The molecule has 94 valence electrons. The Balaban J connectivity index is 1.52. The third-order valence-corrected chi connectivity index (χ3v) is 4.38. The molecule has 5 heteroatoms. The maximum atomic E-state index is 4.39. The van der Waals surface area contributed by atoms with Gasteiger partial charge in [0.1, 0.15) is 5.52 Å². The van der Waals surface area contributed by atoms with Crippen molar-refractivity contribution in [3.63, 3.8) is 0 Å². The Morgan fingerprint density at radius 2 is 1.89 bits per heavy atom. The van der Waals surface area contributed by atoms with E-state index in [2.05, 4.69) is 25.1 Å². The van der Waals surface area contributed by atoms with Crippen LogP contribution in [0.1, 0.15) is 37.3 Å². The second kappa shape index (κ2) is 4.02.